The molecule has 9 heteroatoms. The van der Waals surface area contributed by atoms with Gasteiger partial charge in [-0.1, -0.05) is 79.7 Å². The molecule has 0 fully saturated rings. The Hall–Kier alpha value is -1.55. The number of aliphatic imine (C=N–C) groups is 1. The molecule has 0 amide bonds. The summed E-state index contributed by atoms with van der Waals surface area (Å²) in [6.45, 7) is 22.9. The van der Waals surface area contributed by atoms with Crippen LogP contribution in [0.25, 0.3) is 21.3 Å². The fraction of sp³-hybridized carbons (Fsp3) is 0.553. The van der Waals surface area contributed by atoms with E-state index in [0.717, 1.165) is 83.6 Å². The van der Waals surface area contributed by atoms with E-state index >= 15 is 0 Å². The Morgan fingerprint density at radius 1 is 0.617 bits per heavy atom. The van der Waals surface area contributed by atoms with Crippen LogP contribution >= 0.6 is 12.2 Å². The Morgan fingerprint density at radius 2 is 1.04 bits per heavy atom. The predicted molar refractivity (Wildman–Crippen MR) is 205 cm³/mol. The Labute approximate surface area is 323 Å². The van der Waals surface area contributed by atoms with Crippen molar-refractivity contribution in [3.05, 3.63) is 110 Å². The van der Waals surface area contributed by atoms with E-state index in [1.807, 2.05) is 26.0 Å². The van der Waals surface area contributed by atoms with Crippen LogP contribution in [0.4, 0.5) is 5.69 Å². The molecule has 0 spiro atoms. The van der Waals surface area contributed by atoms with Crippen molar-refractivity contribution in [1.82, 2.24) is 9.97 Å². The first-order valence-electron chi connectivity index (χ1n) is 17.1. The summed E-state index contributed by atoms with van der Waals surface area (Å²) >= 11 is 4.58. The van der Waals surface area contributed by atoms with Gasteiger partial charge in [0, 0.05) is 22.8 Å². The second-order valence-electron chi connectivity index (χ2n) is 10.1. The third kappa shape index (κ3) is 26.0. The average molecular weight is 805 g/mol. The second kappa shape index (κ2) is 34.3. The van der Waals surface area contributed by atoms with Gasteiger partial charge in [0.05, 0.1) is 10.8 Å². The molecule has 2 aromatic heterocycles. The summed E-state index contributed by atoms with van der Waals surface area (Å²) in [7, 11) is 0. The average Bonchev–Trinajstić information content (AvgIpc) is 3.11. The molecule has 1 unspecified atom stereocenters. The molecule has 3 aromatic rings. The first-order chi connectivity index (χ1) is 22.4. The van der Waals surface area contributed by atoms with Gasteiger partial charge in [-0.05, 0) is 86.3 Å². The zero-order valence-electron chi connectivity index (χ0n) is 30.2. The Bertz CT molecular complexity index is 1080. The van der Waals surface area contributed by atoms with Gasteiger partial charge in [0.1, 0.15) is 0 Å². The van der Waals surface area contributed by atoms with E-state index in [9.17, 15) is 0 Å². The fourth-order valence-electron chi connectivity index (χ4n) is 4.06. The van der Waals surface area contributed by atoms with Crippen LogP contribution < -0.4 is 0 Å². The number of thiocarbonyl (C=S) groups is 1. The Balaban J connectivity index is 0. The number of rotatable bonds is 17. The molecular weight excluding hydrogens is 745 g/mol. The van der Waals surface area contributed by atoms with Crippen LogP contribution in [0.2, 0.25) is 0 Å². The summed E-state index contributed by atoms with van der Waals surface area (Å²) in [5, 5.41) is 19.6. The van der Waals surface area contributed by atoms with Gasteiger partial charge in [0.15, 0.2) is 0 Å². The molecule has 7 nitrogen and oxygen atoms in total. The fourth-order valence-corrected chi connectivity index (χ4v) is 4.16. The number of hydrogen-bond donors (Lipinski definition) is 0. The molecule has 47 heavy (non-hydrogen) atoms. The van der Waals surface area contributed by atoms with Gasteiger partial charge in [-0.15, -0.1) is 0 Å². The SMILES string of the molecule is CC[N-]CC(Cc1ccc(N=C=S)cc1)[N-]CC.CC[N-]CC[N-]CC.CCc1cccc(CC)n1.CCc1cccc(CC)n1.[Tb+3]. The standard InChI is InChI=1S/C14H19N3S.2C9H13N.C6H14N2.Tb/c1-3-15-10-14(16-4-2)9-12-5-7-13(8-6-12)17-11-18;2*1-3-8-6-5-7-9(4-2)10-8;1-3-7-5-6-8-4-2;/h5-8,14H,3-4,9-10H2,1-2H3;2*5-7H,3-4H2,1-2H3;3-6H2,1-2H3;/q-2;;;-2;+3. The summed E-state index contributed by atoms with van der Waals surface area (Å²) in [6.07, 6.45) is 5.07. The molecule has 0 bridgehead atoms. The van der Waals surface area contributed by atoms with Crippen molar-refractivity contribution in [2.75, 3.05) is 45.8 Å². The van der Waals surface area contributed by atoms with E-state index in [1.165, 1.54) is 28.3 Å². The minimum Gasteiger partial charge on any atom is -0.664 e. The third-order valence-corrected chi connectivity index (χ3v) is 6.72. The largest absolute Gasteiger partial charge is 3.00 e. The maximum absolute atomic E-state index is 4.58. The van der Waals surface area contributed by atoms with E-state index in [2.05, 4.69) is 144 Å². The zero-order valence-corrected chi connectivity index (χ0v) is 33.2. The van der Waals surface area contributed by atoms with E-state index in [0.29, 0.717) is 0 Å². The molecule has 0 saturated heterocycles. The molecule has 0 aliphatic rings. The number of aryl methyl sites for hydroxylation is 4. The van der Waals surface area contributed by atoms with Crippen molar-refractivity contribution >= 4 is 23.1 Å². The number of benzene rings is 1. The van der Waals surface area contributed by atoms with Crippen LogP contribution in [0, 0.1) is 38.6 Å². The molecule has 0 radical (unpaired) electrons. The first-order valence-corrected chi connectivity index (χ1v) is 17.5. The van der Waals surface area contributed by atoms with Crippen LogP contribution in [0.3, 0.4) is 0 Å². The Morgan fingerprint density at radius 3 is 1.38 bits per heavy atom. The van der Waals surface area contributed by atoms with E-state index < -0.39 is 0 Å². The summed E-state index contributed by atoms with van der Waals surface area (Å²) in [5.41, 5.74) is 6.88. The Kier molecular flexibility index (Phi) is 34.7. The molecule has 0 saturated carbocycles. The van der Waals surface area contributed by atoms with E-state index in [-0.39, 0.29) is 44.7 Å². The number of hydrogen-bond acceptors (Lipinski definition) is 4. The summed E-state index contributed by atoms with van der Waals surface area (Å²) in [6, 6.07) is 20.7. The van der Waals surface area contributed by atoms with Gasteiger partial charge in [-0.25, -0.2) is 0 Å². The molecule has 0 N–H and O–H groups in total. The zero-order chi connectivity index (χ0) is 34.3. The van der Waals surface area contributed by atoms with Crippen LogP contribution in [0.5, 0.6) is 0 Å². The van der Waals surface area contributed by atoms with Crippen molar-refractivity contribution < 1.29 is 38.6 Å². The molecule has 3 rings (SSSR count). The van der Waals surface area contributed by atoms with Gasteiger partial charge in [-0.3, -0.25) is 9.97 Å². The normalized spacial score (nSPS) is 10.4. The van der Waals surface area contributed by atoms with Gasteiger partial charge in [0.2, 0.25) is 0 Å². The molecule has 0 aliphatic carbocycles. The summed E-state index contributed by atoms with van der Waals surface area (Å²) in [5.74, 6) is 0. The van der Waals surface area contributed by atoms with Crippen molar-refractivity contribution in [3.63, 3.8) is 0 Å². The minimum absolute atomic E-state index is 0. The predicted octanol–water partition coefficient (Wildman–Crippen LogP) is 10.3. The van der Waals surface area contributed by atoms with Gasteiger partial charge in [-0.2, -0.15) is 56.8 Å². The van der Waals surface area contributed by atoms with Crippen LogP contribution in [0.15, 0.2) is 65.7 Å². The van der Waals surface area contributed by atoms with Gasteiger partial charge in [0.25, 0.3) is 0 Å². The molecule has 1 aromatic carbocycles. The molecular formula is C38H59N7STb-. The quantitative estimate of drug-likeness (QED) is 0.0772. The van der Waals surface area contributed by atoms with E-state index in [4.69, 9.17) is 0 Å². The second-order valence-corrected chi connectivity index (χ2v) is 10.3. The maximum atomic E-state index is 4.58. The first kappa shape index (κ1) is 47.6. The summed E-state index contributed by atoms with van der Waals surface area (Å²) in [4.78, 5) is 12.8. The van der Waals surface area contributed by atoms with Crippen LogP contribution in [0.1, 0.15) is 83.7 Å². The number of nitrogens with zero attached hydrogens (tertiary/aromatic N) is 7. The number of pyridine rings is 2. The summed E-state index contributed by atoms with van der Waals surface area (Å²) < 4.78 is 0. The third-order valence-electron chi connectivity index (χ3n) is 6.63. The van der Waals surface area contributed by atoms with Crippen molar-refractivity contribution in [2.45, 2.75) is 93.5 Å². The number of likely N-dealkylation sites (N-methyl/N-ethyl adjacent to an activating group) is 4. The molecule has 0 aliphatic heterocycles. The van der Waals surface area contributed by atoms with Gasteiger partial charge < -0.3 is 21.3 Å². The van der Waals surface area contributed by atoms with Crippen LogP contribution in [-0.4, -0.2) is 67.0 Å². The molecule has 262 valence electrons. The van der Waals surface area contributed by atoms with Crippen molar-refractivity contribution in [1.29, 1.82) is 0 Å². The van der Waals surface area contributed by atoms with E-state index in [1.54, 1.807) is 0 Å². The monoisotopic (exact) mass is 804 g/mol. The van der Waals surface area contributed by atoms with Crippen LogP contribution in [-0.2, 0) is 32.1 Å². The van der Waals surface area contributed by atoms with Crippen molar-refractivity contribution in [2.24, 2.45) is 4.99 Å². The van der Waals surface area contributed by atoms with Crippen molar-refractivity contribution in [3.8, 4) is 0 Å². The number of isothiocyanates is 1. The number of aromatic nitrogens is 2. The topological polar surface area (TPSA) is 94.5 Å². The molecule has 2 heterocycles. The minimum atomic E-state index is 0. The molecule has 1 atom stereocenters. The maximum Gasteiger partial charge on any atom is 3.00 e. The smallest absolute Gasteiger partial charge is 0.664 e. The van der Waals surface area contributed by atoms with Gasteiger partial charge >= 0.3 is 38.6 Å².